The first-order valence-electron chi connectivity index (χ1n) is 7.10. The minimum atomic E-state index is -0.212. The maximum atomic E-state index is 12.0. The van der Waals surface area contributed by atoms with Gasteiger partial charge in [0, 0.05) is 24.8 Å². The number of amides is 1. The molecule has 1 saturated heterocycles. The zero-order valence-corrected chi connectivity index (χ0v) is 12.0. The highest BCUT2D eigenvalue weighted by atomic mass is 16.3. The molecule has 6 nitrogen and oxygen atoms in total. The molecule has 0 spiro atoms. The lowest BCUT2D eigenvalue weighted by Crippen LogP contribution is -2.48. The van der Waals surface area contributed by atoms with Gasteiger partial charge in [-0.1, -0.05) is 6.07 Å². The second kappa shape index (κ2) is 5.95. The SMILES string of the molecule is Cc1cccc(N2CCC[C@H](NC(=O)c3cnco3)C2)n1. The van der Waals surface area contributed by atoms with E-state index in [0.717, 1.165) is 37.4 Å². The molecule has 1 amide bonds. The number of nitrogens with zero attached hydrogens (tertiary/aromatic N) is 3. The maximum Gasteiger partial charge on any atom is 0.288 e. The van der Waals surface area contributed by atoms with Crippen molar-refractivity contribution in [1.82, 2.24) is 15.3 Å². The van der Waals surface area contributed by atoms with Crippen LogP contribution < -0.4 is 10.2 Å². The predicted molar refractivity (Wildman–Crippen MR) is 78.2 cm³/mol. The molecule has 110 valence electrons. The van der Waals surface area contributed by atoms with E-state index in [4.69, 9.17) is 4.42 Å². The van der Waals surface area contributed by atoms with Crippen LogP contribution in [0.4, 0.5) is 5.82 Å². The highest BCUT2D eigenvalue weighted by Crippen LogP contribution is 2.18. The van der Waals surface area contributed by atoms with Gasteiger partial charge in [0.15, 0.2) is 6.39 Å². The molecule has 1 aliphatic rings. The number of aromatic nitrogens is 2. The Morgan fingerprint density at radius 2 is 2.38 bits per heavy atom. The van der Waals surface area contributed by atoms with Crippen molar-refractivity contribution in [2.75, 3.05) is 18.0 Å². The van der Waals surface area contributed by atoms with Crippen LogP contribution >= 0.6 is 0 Å². The van der Waals surface area contributed by atoms with Crippen molar-refractivity contribution >= 4 is 11.7 Å². The number of nitrogens with one attached hydrogen (secondary N) is 1. The molecule has 1 atom stereocenters. The first kappa shape index (κ1) is 13.6. The Morgan fingerprint density at radius 1 is 1.48 bits per heavy atom. The smallest absolute Gasteiger partial charge is 0.288 e. The topological polar surface area (TPSA) is 71.3 Å². The zero-order chi connectivity index (χ0) is 14.7. The number of carbonyl (C=O) groups excluding carboxylic acids is 1. The number of rotatable bonds is 3. The van der Waals surface area contributed by atoms with Gasteiger partial charge in [0.2, 0.25) is 5.76 Å². The van der Waals surface area contributed by atoms with Crippen LogP contribution in [-0.2, 0) is 0 Å². The fourth-order valence-corrected chi connectivity index (χ4v) is 2.59. The van der Waals surface area contributed by atoms with Gasteiger partial charge in [-0.2, -0.15) is 0 Å². The van der Waals surface area contributed by atoms with Gasteiger partial charge in [-0.05, 0) is 31.9 Å². The van der Waals surface area contributed by atoms with Crippen LogP contribution in [0.3, 0.4) is 0 Å². The molecule has 0 bridgehead atoms. The third-order valence-corrected chi connectivity index (χ3v) is 3.61. The molecule has 3 heterocycles. The molecular weight excluding hydrogens is 268 g/mol. The van der Waals surface area contributed by atoms with Gasteiger partial charge in [-0.3, -0.25) is 4.79 Å². The van der Waals surface area contributed by atoms with E-state index < -0.39 is 0 Å². The fraction of sp³-hybridized carbons (Fsp3) is 0.400. The fourth-order valence-electron chi connectivity index (χ4n) is 2.59. The Hall–Kier alpha value is -2.37. The van der Waals surface area contributed by atoms with Crippen LogP contribution in [0.15, 0.2) is 35.2 Å². The second-order valence-corrected chi connectivity index (χ2v) is 5.26. The molecule has 0 aromatic carbocycles. The van der Waals surface area contributed by atoms with Crippen molar-refractivity contribution in [3.8, 4) is 0 Å². The first-order chi connectivity index (χ1) is 10.2. The lowest BCUT2D eigenvalue weighted by Gasteiger charge is -2.33. The van der Waals surface area contributed by atoms with E-state index >= 15 is 0 Å². The van der Waals surface area contributed by atoms with Crippen molar-refractivity contribution in [3.05, 3.63) is 42.2 Å². The van der Waals surface area contributed by atoms with E-state index in [1.165, 1.54) is 12.6 Å². The number of oxazole rings is 1. The van der Waals surface area contributed by atoms with E-state index in [9.17, 15) is 4.79 Å². The molecule has 2 aromatic rings. The third kappa shape index (κ3) is 3.21. The largest absolute Gasteiger partial charge is 0.438 e. The number of piperidine rings is 1. The Bertz CT molecular complexity index is 612. The molecule has 3 rings (SSSR count). The highest BCUT2D eigenvalue weighted by molar-refractivity contribution is 5.91. The number of hydrogen-bond acceptors (Lipinski definition) is 5. The summed E-state index contributed by atoms with van der Waals surface area (Å²) in [6, 6.07) is 6.09. The van der Waals surface area contributed by atoms with Gasteiger partial charge >= 0.3 is 0 Å². The van der Waals surface area contributed by atoms with Crippen LogP contribution in [0.1, 0.15) is 29.1 Å². The number of pyridine rings is 1. The molecule has 1 aliphatic heterocycles. The van der Waals surface area contributed by atoms with Gasteiger partial charge in [0.1, 0.15) is 5.82 Å². The average Bonchev–Trinajstić information content (AvgIpc) is 3.02. The summed E-state index contributed by atoms with van der Waals surface area (Å²) in [5.41, 5.74) is 1.00. The Labute approximate surface area is 123 Å². The zero-order valence-electron chi connectivity index (χ0n) is 12.0. The number of aryl methyl sites for hydroxylation is 1. The van der Waals surface area contributed by atoms with E-state index in [2.05, 4.69) is 20.2 Å². The van der Waals surface area contributed by atoms with Gasteiger partial charge in [0.25, 0.3) is 5.91 Å². The molecule has 6 heteroatoms. The van der Waals surface area contributed by atoms with Gasteiger partial charge in [-0.15, -0.1) is 0 Å². The standard InChI is InChI=1S/C15H18N4O2/c1-11-4-2-6-14(17-11)19-7-3-5-12(9-19)18-15(20)13-8-16-10-21-13/h2,4,6,8,10,12H,3,5,7,9H2,1H3,(H,18,20)/t12-/m0/s1. The van der Waals surface area contributed by atoms with E-state index in [1.54, 1.807) is 0 Å². The van der Waals surface area contributed by atoms with Crippen molar-refractivity contribution in [2.45, 2.75) is 25.8 Å². The Kier molecular flexibility index (Phi) is 3.85. The lowest BCUT2D eigenvalue weighted by atomic mass is 10.1. The quantitative estimate of drug-likeness (QED) is 0.931. The van der Waals surface area contributed by atoms with Crippen molar-refractivity contribution in [1.29, 1.82) is 0 Å². The summed E-state index contributed by atoms with van der Waals surface area (Å²) < 4.78 is 5.01. The van der Waals surface area contributed by atoms with Crippen molar-refractivity contribution in [3.63, 3.8) is 0 Å². The molecule has 21 heavy (non-hydrogen) atoms. The first-order valence-corrected chi connectivity index (χ1v) is 7.10. The van der Waals surface area contributed by atoms with Gasteiger partial charge in [0.05, 0.1) is 6.20 Å². The summed E-state index contributed by atoms with van der Waals surface area (Å²) in [4.78, 5) is 22.5. The van der Waals surface area contributed by atoms with Crippen molar-refractivity contribution in [2.24, 2.45) is 0 Å². The molecular formula is C15H18N4O2. The summed E-state index contributed by atoms with van der Waals surface area (Å²) in [6.07, 6.45) is 4.68. The van der Waals surface area contributed by atoms with Crippen molar-refractivity contribution < 1.29 is 9.21 Å². The average molecular weight is 286 g/mol. The molecule has 1 fully saturated rings. The minimum absolute atomic E-state index is 0.0960. The third-order valence-electron chi connectivity index (χ3n) is 3.61. The van der Waals surface area contributed by atoms with Gasteiger partial charge in [-0.25, -0.2) is 9.97 Å². The van der Waals surface area contributed by atoms with E-state index in [-0.39, 0.29) is 17.7 Å². The van der Waals surface area contributed by atoms with E-state index in [0.29, 0.717) is 0 Å². The van der Waals surface area contributed by atoms with Crippen LogP contribution in [0, 0.1) is 6.92 Å². The number of hydrogen-bond donors (Lipinski definition) is 1. The molecule has 0 aliphatic carbocycles. The van der Waals surface area contributed by atoms with Crippen LogP contribution in [0.5, 0.6) is 0 Å². The summed E-state index contributed by atoms with van der Waals surface area (Å²) in [7, 11) is 0. The molecule has 0 saturated carbocycles. The van der Waals surface area contributed by atoms with Crippen LogP contribution in [0.25, 0.3) is 0 Å². The summed E-state index contributed by atoms with van der Waals surface area (Å²) in [6.45, 7) is 3.71. The molecule has 0 unspecified atom stereocenters. The summed E-state index contributed by atoms with van der Waals surface area (Å²) in [5.74, 6) is 1.01. The lowest BCUT2D eigenvalue weighted by molar-refractivity contribution is 0.0905. The number of anilines is 1. The van der Waals surface area contributed by atoms with Crippen LogP contribution in [0.2, 0.25) is 0 Å². The second-order valence-electron chi connectivity index (χ2n) is 5.26. The summed E-state index contributed by atoms with van der Waals surface area (Å²) >= 11 is 0. The van der Waals surface area contributed by atoms with Crippen LogP contribution in [-0.4, -0.2) is 35.0 Å². The molecule has 0 radical (unpaired) electrons. The normalized spacial score (nSPS) is 18.5. The molecule has 1 N–H and O–H groups in total. The Balaban J connectivity index is 1.64. The maximum absolute atomic E-state index is 12.0. The minimum Gasteiger partial charge on any atom is -0.438 e. The predicted octanol–water partition coefficient (Wildman–Crippen LogP) is 1.78. The molecule has 2 aromatic heterocycles. The summed E-state index contributed by atoms with van der Waals surface area (Å²) in [5, 5.41) is 2.99. The monoisotopic (exact) mass is 286 g/mol. The van der Waals surface area contributed by atoms with Gasteiger partial charge < -0.3 is 14.6 Å². The van der Waals surface area contributed by atoms with E-state index in [1.807, 2.05) is 25.1 Å². The Morgan fingerprint density at radius 3 is 3.14 bits per heavy atom. The number of carbonyl (C=O) groups is 1. The highest BCUT2D eigenvalue weighted by Gasteiger charge is 2.23.